The van der Waals surface area contributed by atoms with Crippen LogP contribution >= 0.6 is 0 Å². The van der Waals surface area contributed by atoms with Crippen LogP contribution in [0, 0.1) is 0 Å². The fraction of sp³-hybridized carbons (Fsp3) is 0.929. The number of piperazine rings is 1. The zero-order chi connectivity index (χ0) is 13.7. The first-order valence-corrected chi connectivity index (χ1v) is 7.47. The molecule has 19 heavy (non-hydrogen) atoms. The molecule has 0 aromatic rings. The van der Waals surface area contributed by atoms with Gasteiger partial charge in [0, 0.05) is 31.7 Å². The Morgan fingerprint density at radius 1 is 1.16 bits per heavy atom. The highest BCUT2D eigenvalue weighted by molar-refractivity contribution is 5.78. The molecule has 1 saturated carbocycles. The summed E-state index contributed by atoms with van der Waals surface area (Å²) >= 11 is 0. The number of carbonyl (C=O) groups is 1. The molecule has 1 saturated heterocycles. The standard InChI is InChI=1S/C14H27N3O2/c1-16-7-9-17(10-8-16)13(19)11-15-14(12-18)5-3-2-4-6-14/h15,18H,2-12H2,1H3. The summed E-state index contributed by atoms with van der Waals surface area (Å²) in [5.41, 5.74) is -0.208. The second-order valence-electron chi connectivity index (χ2n) is 6.04. The highest BCUT2D eigenvalue weighted by atomic mass is 16.3. The molecule has 0 unspecified atom stereocenters. The van der Waals surface area contributed by atoms with Crippen molar-refractivity contribution in [2.75, 3.05) is 46.4 Å². The lowest BCUT2D eigenvalue weighted by molar-refractivity contribution is -0.132. The second-order valence-corrected chi connectivity index (χ2v) is 6.04. The van der Waals surface area contributed by atoms with E-state index < -0.39 is 0 Å². The Morgan fingerprint density at radius 2 is 1.79 bits per heavy atom. The van der Waals surface area contributed by atoms with Gasteiger partial charge < -0.3 is 20.2 Å². The first-order chi connectivity index (χ1) is 9.15. The van der Waals surface area contributed by atoms with Crippen LogP contribution < -0.4 is 5.32 Å². The van der Waals surface area contributed by atoms with Crippen molar-refractivity contribution >= 4 is 5.91 Å². The van der Waals surface area contributed by atoms with E-state index in [1.807, 2.05) is 4.90 Å². The molecule has 1 heterocycles. The number of rotatable bonds is 4. The van der Waals surface area contributed by atoms with E-state index in [-0.39, 0.29) is 18.1 Å². The molecule has 2 fully saturated rings. The number of aliphatic hydroxyl groups excluding tert-OH is 1. The molecule has 2 rings (SSSR count). The highest BCUT2D eigenvalue weighted by Gasteiger charge is 2.32. The summed E-state index contributed by atoms with van der Waals surface area (Å²) in [5.74, 6) is 0.173. The number of aliphatic hydroxyl groups is 1. The predicted octanol–water partition coefficient (Wildman–Crippen LogP) is 0.0452. The molecule has 1 aliphatic heterocycles. The maximum Gasteiger partial charge on any atom is 0.236 e. The Bertz CT molecular complexity index is 295. The first-order valence-electron chi connectivity index (χ1n) is 7.47. The fourth-order valence-corrected chi connectivity index (χ4v) is 3.05. The molecule has 0 spiro atoms. The van der Waals surface area contributed by atoms with Gasteiger partial charge in [-0.15, -0.1) is 0 Å². The van der Waals surface area contributed by atoms with E-state index in [9.17, 15) is 9.90 Å². The summed E-state index contributed by atoms with van der Waals surface area (Å²) in [5, 5.41) is 12.9. The Balaban J connectivity index is 1.78. The Hall–Kier alpha value is -0.650. The summed E-state index contributed by atoms with van der Waals surface area (Å²) < 4.78 is 0. The molecule has 0 atom stereocenters. The largest absolute Gasteiger partial charge is 0.394 e. The minimum Gasteiger partial charge on any atom is -0.394 e. The lowest BCUT2D eigenvalue weighted by atomic mass is 9.82. The molecular weight excluding hydrogens is 242 g/mol. The number of nitrogens with zero attached hydrogens (tertiary/aromatic N) is 2. The van der Waals surface area contributed by atoms with E-state index in [1.165, 1.54) is 6.42 Å². The molecule has 0 aromatic heterocycles. The van der Waals surface area contributed by atoms with Gasteiger partial charge in [0.25, 0.3) is 0 Å². The van der Waals surface area contributed by atoms with Gasteiger partial charge in [0.15, 0.2) is 0 Å². The smallest absolute Gasteiger partial charge is 0.236 e. The van der Waals surface area contributed by atoms with Gasteiger partial charge in [-0.25, -0.2) is 0 Å². The zero-order valence-corrected chi connectivity index (χ0v) is 12.0. The summed E-state index contributed by atoms with van der Waals surface area (Å²) in [6.07, 6.45) is 5.52. The molecule has 2 aliphatic rings. The van der Waals surface area contributed by atoms with Crippen molar-refractivity contribution in [3.8, 4) is 0 Å². The number of hydrogen-bond donors (Lipinski definition) is 2. The minimum absolute atomic E-state index is 0.142. The Morgan fingerprint density at radius 3 is 2.37 bits per heavy atom. The molecule has 2 N–H and O–H groups in total. The van der Waals surface area contributed by atoms with Gasteiger partial charge in [-0.2, -0.15) is 0 Å². The van der Waals surface area contributed by atoms with Crippen LogP contribution in [0.25, 0.3) is 0 Å². The quantitative estimate of drug-likeness (QED) is 0.757. The summed E-state index contributed by atoms with van der Waals surface area (Å²) in [6, 6.07) is 0. The Kier molecular flexibility index (Phi) is 5.19. The molecule has 110 valence electrons. The van der Waals surface area contributed by atoms with Crippen molar-refractivity contribution in [2.45, 2.75) is 37.6 Å². The number of carbonyl (C=O) groups excluding carboxylic acids is 1. The van der Waals surface area contributed by atoms with Crippen LogP contribution in [0.3, 0.4) is 0 Å². The predicted molar refractivity (Wildman–Crippen MR) is 75.0 cm³/mol. The van der Waals surface area contributed by atoms with Crippen LogP contribution in [-0.2, 0) is 4.79 Å². The maximum absolute atomic E-state index is 12.2. The monoisotopic (exact) mass is 269 g/mol. The van der Waals surface area contributed by atoms with Gasteiger partial charge in [-0.3, -0.25) is 4.79 Å². The average Bonchev–Trinajstić information content (AvgIpc) is 2.46. The van der Waals surface area contributed by atoms with Crippen LogP contribution in [0.15, 0.2) is 0 Å². The summed E-state index contributed by atoms with van der Waals surface area (Å²) in [4.78, 5) is 16.3. The van der Waals surface area contributed by atoms with Crippen molar-refractivity contribution in [3.05, 3.63) is 0 Å². The third-order valence-corrected chi connectivity index (χ3v) is 4.58. The SMILES string of the molecule is CN1CCN(C(=O)CNC2(CO)CCCCC2)CC1. The van der Waals surface area contributed by atoms with Crippen LogP contribution in [0.5, 0.6) is 0 Å². The molecule has 0 radical (unpaired) electrons. The van der Waals surface area contributed by atoms with E-state index in [0.717, 1.165) is 51.9 Å². The zero-order valence-electron chi connectivity index (χ0n) is 12.0. The molecule has 1 aliphatic carbocycles. The van der Waals surface area contributed by atoms with Crippen molar-refractivity contribution in [1.82, 2.24) is 15.1 Å². The third-order valence-electron chi connectivity index (χ3n) is 4.58. The molecular formula is C14H27N3O2. The van der Waals surface area contributed by atoms with Crippen molar-refractivity contribution in [3.63, 3.8) is 0 Å². The van der Waals surface area contributed by atoms with E-state index in [0.29, 0.717) is 6.54 Å². The van der Waals surface area contributed by atoms with Gasteiger partial charge in [0.2, 0.25) is 5.91 Å². The lowest BCUT2D eigenvalue weighted by Gasteiger charge is -2.38. The van der Waals surface area contributed by atoms with Gasteiger partial charge >= 0.3 is 0 Å². The number of amides is 1. The van der Waals surface area contributed by atoms with Crippen LogP contribution in [-0.4, -0.2) is 72.7 Å². The first kappa shape index (κ1) is 14.8. The van der Waals surface area contributed by atoms with Gasteiger partial charge in [0.05, 0.1) is 13.2 Å². The molecule has 5 nitrogen and oxygen atoms in total. The van der Waals surface area contributed by atoms with Crippen molar-refractivity contribution < 1.29 is 9.90 Å². The van der Waals surface area contributed by atoms with E-state index in [4.69, 9.17) is 0 Å². The van der Waals surface area contributed by atoms with Gasteiger partial charge in [0.1, 0.15) is 0 Å². The number of nitrogens with one attached hydrogen (secondary N) is 1. The van der Waals surface area contributed by atoms with Gasteiger partial charge in [-0.05, 0) is 19.9 Å². The van der Waals surface area contributed by atoms with Crippen LogP contribution in [0.4, 0.5) is 0 Å². The molecule has 5 heteroatoms. The maximum atomic E-state index is 12.2. The molecule has 0 bridgehead atoms. The normalized spacial score (nSPS) is 24.4. The highest BCUT2D eigenvalue weighted by Crippen LogP contribution is 2.27. The lowest BCUT2D eigenvalue weighted by Crippen LogP contribution is -2.55. The van der Waals surface area contributed by atoms with Crippen LogP contribution in [0.1, 0.15) is 32.1 Å². The average molecular weight is 269 g/mol. The number of likely N-dealkylation sites (N-methyl/N-ethyl adjacent to an activating group) is 1. The topological polar surface area (TPSA) is 55.8 Å². The van der Waals surface area contributed by atoms with Gasteiger partial charge in [-0.1, -0.05) is 19.3 Å². The van der Waals surface area contributed by atoms with Crippen molar-refractivity contribution in [1.29, 1.82) is 0 Å². The minimum atomic E-state index is -0.208. The summed E-state index contributed by atoms with van der Waals surface area (Å²) in [7, 11) is 2.09. The summed E-state index contributed by atoms with van der Waals surface area (Å²) in [6.45, 7) is 4.06. The number of hydrogen-bond acceptors (Lipinski definition) is 4. The fourth-order valence-electron chi connectivity index (χ4n) is 3.05. The van der Waals surface area contributed by atoms with E-state index in [2.05, 4.69) is 17.3 Å². The third kappa shape index (κ3) is 3.91. The van der Waals surface area contributed by atoms with E-state index >= 15 is 0 Å². The molecule has 1 amide bonds. The molecule has 0 aromatic carbocycles. The van der Waals surface area contributed by atoms with Crippen molar-refractivity contribution in [2.24, 2.45) is 0 Å². The Labute approximate surface area is 115 Å². The van der Waals surface area contributed by atoms with E-state index in [1.54, 1.807) is 0 Å². The van der Waals surface area contributed by atoms with Crippen LogP contribution in [0.2, 0.25) is 0 Å². The second kappa shape index (κ2) is 6.68.